The molecular weight excluding hydrogens is 112 g/mol. The Labute approximate surface area is 56.0 Å². The molecule has 0 rings (SSSR count). The summed E-state index contributed by atoms with van der Waals surface area (Å²) >= 11 is 0. The van der Waals surface area contributed by atoms with E-state index >= 15 is 0 Å². The molecule has 9 heavy (non-hydrogen) atoms. The van der Waals surface area contributed by atoms with Gasteiger partial charge < -0.3 is 10.3 Å². The third-order valence-corrected chi connectivity index (χ3v) is 0.937. The first kappa shape index (κ1) is 7.95. The lowest BCUT2D eigenvalue weighted by atomic mass is 10.5. The molecule has 0 unspecified atom stereocenters. The van der Waals surface area contributed by atoms with Gasteiger partial charge in [0.1, 0.15) is 0 Å². The van der Waals surface area contributed by atoms with Crippen molar-refractivity contribution >= 4 is 6.21 Å². The zero-order chi connectivity index (χ0) is 7.11. The molecule has 0 spiro atoms. The average Bonchev–Trinajstić information content (AvgIpc) is 1.89. The van der Waals surface area contributed by atoms with E-state index in [0.717, 1.165) is 6.54 Å². The summed E-state index contributed by atoms with van der Waals surface area (Å²) in [6.45, 7) is 4.39. The maximum absolute atomic E-state index is 6.65. The van der Waals surface area contributed by atoms with Crippen LogP contribution in [0.2, 0.25) is 0 Å². The van der Waals surface area contributed by atoms with E-state index in [1.165, 1.54) is 6.21 Å². The summed E-state index contributed by atoms with van der Waals surface area (Å²) in [6, 6.07) is 0. The second-order valence-electron chi connectivity index (χ2n) is 1.72. The molecule has 0 amide bonds. The van der Waals surface area contributed by atoms with Gasteiger partial charge in [0.05, 0.1) is 0 Å². The number of allylic oxidation sites excluding steroid dienone is 1. The Bertz CT molecular complexity index is 116. The van der Waals surface area contributed by atoms with Crippen LogP contribution in [0.15, 0.2) is 24.9 Å². The molecule has 0 saturated carbocycles. The van der Waals surface area contributed by atoms with Crippen molar-refractivity contribution in [3.05, 3.63) is 24.9 Å². The van der Waals surface area contributed by atoms with Crippen molar-refractivity contribution in [2.75, 3.05) is 13.6 Å². The number of nitrogens with zero attached hydrogens (tertiary/aromatic N) is 1. The molecule has 0 aromatic heterocycles. The topological polar surface area (TPSA) is 27.1 Å². The van der Waals surface area contributed by atoms with Gasteiger partial charge in [-0.25, -0.2) is 0 Å². The Morgan fingerprint density at radius 2 is 2.33 bits per heavy atom. The van der Waals surface area contributed by atoms with E-state index in [0.29, 0.717) is 0 Å². The normalized spacial score (nSPS) is 9.44. The molecule has 0 saturated heterocycles. The van der Waals surface area contributed by atoms with E-state index < -0.39 is 0 Å². The molecule has 0 aliphatic heterocycles. The summed E-state index contributed by atoms with van der Waals surface area (Å²) in [5.41, 5.74) is 0. The average molecular weight is 124 g/mol. The molecule has 1 N–H and O–H groups in total. The predicted molar refractivity (Wildman–Crippen MR) is 40.8 cm³/mol. The predicted octanol–water partition coefficient (Wildman–Crippen LogP) is 1.27. The Balaban J connectivity index is 3.36. The highest BCUT2D eigenvalue weighted by Gasteiger charge is 1.79. The van der Waals surface area contributed by atoms with Crippen LogP contribution in [0.25, 0.3) is 0 Å². The summed E-state index contributed by atoms with van der Waals surface area (Å²) in [6.07, 6.45) is 6.60. The summed E-state index contributed by atoms with van der Waals surface area (Å²) in [5.74, 6) is 0. The van der Waals surface area contributed by atoms with Gasteiger partial charge >= 0.3 is 0 Å². The van der Waals surface area contributed by atoms with Gasteiger partial charge in [0.15, 0.2) is 0 Å². The van der Waals surface area contributed by atoms with Crippen molar-refractivity contribution in [1.82, 2.24) is 4.90 Å². The molecule has 2 heteroatoms. The van der Waals surface area contributed by atoms with Crippen molar-refractivity contribution in [1.29, 1.82) is 5.41 Å². The number of nitrogens with one attached hydrogen (secondary N) is 1. The van der Waals surface area contributed by atoms with Crippen molar-refractivity contribution in [2.45, 2.75) is 0 Å². The second kappa shape index (κ2) is 5.09. The summed E-state index contributed by atoms with van der Waals surface area (Å²) < 4.78 is 0. The fraction of sp³-hybridized carbons (Fsp3) is 0.286. The van der Waals surface area contributed by atoms with E-state index in [1.54, 1.807) is 12.3 Å². The number of hydrogen-bond donors (Lipinski definition) is 1. The van der Waals surface area contributed by atoms with Crippen LogP contribution < -0.4 is 0 Å². The van der Waals surface area contributed by atoms with Crippen LogP contribution in [0.5, 0.6) is 0 Å². The molecule has 0 radical (unpaired) electrons. The lowest BCUT2D eigenvalue weighted by molar-refractivity contribution is 0.511. The van der Waals surface area contributed by atoms with E-state index in [1.807, 2.05) is 18.0 Å². The van der Waals surface area contributed by atoms with Crippen LogP contribution >= 0.6 is 0 Å². The third kappa shape index (κ3) is 4.81. The first-order valence-corrected chi connectivity index (χ1v) is 2.79. The standard InChI is InChI=1S/C7H12N2/c1-3-9(2)7-5-4-6-8/h3-6,8H,1,7H2,2H3/b5-4+,8-6?. The molecule has 0 heterocycles. The van der Waals surface area contributed by atoms with Crippen LogP contribution in [-0.2, 0) is 0 Å². The smallest absolute Gasteiger partial charge is 0.0354 e. The van der Waals surface area contributed by atoms with Gasteiger partial charge in [-0.05, 0) is 12.3 Å². The van der Waals surface area contributed by atoms with E-state index in [4.69, 9.17) is 5.41 Å². The molecule has 0 aromatic carbocycles. The molecule has 0 aromatic rings. The molecular formula is C7H12N2. The second-order valence-corrected chi connectivity index (χ2v) is 1.72. The fourth-order valence-corrected chi connectivity index (χ4v) is 0.370. The minimum atomic E-state index is 0.818. The number of hydrogen-bond acceptors (Lipinski definition) is 2. The number of rotatable bonds is 4. The van der Waals surface area contributed by atoms with Gasteiger partial charge in [-0.15, -0.1) is 0 Å². The Kier molecular flexibility index (Phi) is 4.50. The van der Waals surface area contributed by atoms with Crippen LogP contribution in [-0.4, -0.2) is 24.7 Å². The SMILES string of the molecule is C=CN(C)C/C=C/C=N. The zero-order valence-electron chi connectivity index (χ0n) is 5.67. The zero-order valence-corrected chi connectivity index (χ0v) is 5.67. The van der Waals surface area contributed by atoms with Crippen molar-refractivity contribution in [2.24, 2.45) is 0 Å². The molecule has 2 nitrogen and oxygen atoms in total. The Morgan fingerprint density at radius 3 is 2.78 bits per heavy atom. The van der Waals surface area contributed by atoms with Gasteiger partial charge in [0, 0.05) is 19.8 Å². The quantitative estimate of drug-likeness (QED) is 0.561. The Hall–Kier alpha value is -1.05. The molecule has 0 bridgehead atoms. The maximum atomic E-state index is 6.65. The number of likely N-dealkylation sites (N-methyl/N-ethyl adjacent to an activating group) is 1. The first-order chi connectivity index (χ1) is 4.31. The van der Waals surface area contributed by atoms with Crippen LogP contribution in [0.3, 0.4) is 0 Å². The molecule has 0 fully saturated rings. The summed E-state index contributed by atoms with van der Waals surface area (Å²) in [4.78, 5) is 1.93. The van der Waals surface area contributed by atoms with Gasteiger partial charge in [-0.3, -0.25) is 0 Å². The van der Waals surface area contributed by atoms with E-state index in [9.17, 15) is 0 Å². The van der Waals surface area contributed by atoms with Gasteiger partial charge in [-0.2, -0.15) is 0 Å². The van der Waals surface area contributed by atoms with Gasteiger partial charge in [0.2, 0.25) is 0 Å². The van der Waals surface area contributed by atoms with Crippen LogP contribution in [0.4, 0.5) is 0 Å². The minimum absolute atomic E-state index is 0.818. The summed E-state index contributed by atoms with van der Waals surface area (Å²) in [7, 11) is 1.93. The van der Waals surface area contributed by atoms with Gasteiger partial charge in [-0.1, -0.05) is 12.7 Å². The molecule has 0 atom stereocenters. The summed E-state index contributed by atoms with van der Waals surface area (Å²) in [5, 5.41) is 6.65. The molecule has 50 valence electrons. The monoisotopic (exact) mass is 124 g/mol. The largest absolute Gasteiger partial charge is 0.377 e. The maximum Gasteiger partial charge on any atom is 0.0354 e. The lowest BCUT2D eigenvalue weighted by Crippen LogP contribution is -2.08. The van der Waals surface area contributed by atoms with Crippen molar-refractivity contribution in [3.63, 3.8) is 0 Å². The van der Waals surface area contributed by atoms with E-state index in [2.05, 4.69) is 6.58 Å². The molecule has 0 aliphatic carbocycles. The minimum Gasteiger partial charge on any atom is -0.377 e. The van der Waals surface area contributed by atoms with Crippen molar-refractivity contribution < 1.29 is 0 Å². The Morgan fingerprint density at radius 1 is 1.67 bits per heavy atom. The van der Waals surface area contributed by atoms with Crippen LogP contribution in [0.1, 0.15) is 0 Å². The lowest BCUT2D eigenvalue weighted by Gasteiger charge is -2.07. The molecule has 0 aliphatic rings. The highest BCUT2D eigenvalue weighted by molar-refractivity contribution is 5.67. The highest BCUT2D eigenvalue weighted by Crippen LogP contribution is 1.80. The fourth-order valence-electron chi connectivity index (χ4n) is 0.370. The third-order valence-electron chi connectivity index (χ3n) is 0.937. The van der Waals surface area contributed by atoms with Crippen molar-refractivity contribution in [3.8, 4) is 0 Å². The highest BCUT2D eigenvalue weighted by atomic mass is 15.1. The first-order valence-electron chi connectivity index (χ1n) is 2.79. The van der Waals surface area contributed by atoms with Gasteiger partial charge in [0.25, 0.3) is 0 Å². The van der Waals surface area contributed by atoms with Crippen LogP contribution in [0, 0.1) is 5.41 Å². The van der Waals surface area contributed by atoms with E-state index in [-0.39, 0.29) is 0 Å².